The van der Waals surface area contributed by atoms with Crippen molar-refractivity contribution in [3.05, 3.63) is 89.4 Å². The Balaban J connectivity index is 1.17. The van der Waals surface area contributed by atoms with Crippen molar-refractivity contribution in [2.24, 2.45) is 13.0 Å². The summed E-state index contributed by atoms with van der Waals surface area (Å²) in [6, 6.07) is 18.1. The Morgan fingerprint density at radius 3 is 2.52 bits per heavy atom. The highest BCUT2D eigenvalue weighted by Gasteiger charge is 2.45. The van der Waals surface area contributed by atoms with Crippen LogP contribution in [0.2, 0.25) is 0 Å². The van der Waals surface area contributed by atoms with Crippen molar-refractivity contribution in [2.45, 2.75) is 75.8 Å². The number of aromatic nitrogens is 4. The molecule has 3 fully saturated rings. The second-order valence-electron chi connectivity index (χ2n) is 13.5. The predicted molar refractivity (Wildman–Crippen MR) is 179 cm³/mol. The number of rotatable bonds is 9. The van der Waals surface area contributed by atoms with Crippen LogP contribution in [0.1, 0.15) is 91.0 Å². The van der Waals surface area contributed by atoms with Crippen LogP contribution in [0.5, 0.6) is 0 Å². The minimum Gasteiger partial charge on any atom is -0.478 e. The number of carboxylic acids is 1. The van der Waals surface area contributed by atoms with Crippen LogP contribution in [-0.2, 0) is 23.9 Å². The van der Waals surface area contributed by atoms with E-state index in [9.17, 15) is 9.59 Å². The first-order chi connectivity index (χ1) is 22.4. The Morgan fingerprint density at radius 1 is 1.00 bits per heavy atom. The van der Waals surface area contributed by atoms with E-state index >= 15 is 0 Å². The molecule has 46 heavy (non-hydrogen) atoms. The molecule has 3 aromatic heterocycles. The molecule has 3 aliphatic carbocycles. The maximum atomic E-state index is 14.1. The Morgan fingerprint density at radius 2 is 1.83 bits per heavy atom. The lowest BCUT2D eigenvalue weighted by Gasteiger charge is -2.42. The number of hydrogen-bond acceptors (Lipinski definition) is 4. The number of carboxylic acid groups (broad SMARTS) is 1. The molecule has 3 aliphatic rings. The monoisotopic (exact) mass is 613 g/mol. The lowest BCUT2D eigenvalue weighted by Crippen LogP contribution is -2.52. The van der Waals surface area contributed by atoms with Gasteiger partial charge in [0.25, 0.3) is 5.91 Å². The maximum Gasteiger partial charge on any atom is 0.328 e. The van der Waals surface area contributed by atoms with Gasteiger partial charge in [-0.15, -0.1) is 0 Å². The molecule has 8 nitrogen and oxygen atoms in total. The van der Waals surface area contributed by atoms with Crippen LogP contribution in [0.4, 0.5) is 0 Å². The molecule has 5 aromatic rings. The van der Waals surface area contributed by atoms with Crippen molar-refractivity contribution >= 4 is 39.9 Å². The molecule has 0 radical (unpaired) electrons. The molecular formula is C38H39N5O3. The van der Waals surface area contributed by atoms with E-state index in [4.69, 9.17) is 15.1 Å². The van der Waals surface area contributed by atoms with E-state index in [-0.39, 0.29) is 5.91 Å². The number of benzene rings is 2. The van der Waals surface area contributed by atoms with Gasteiger partial charge in [0, 0.05) is 42.3 Å². The van der Waals surface area contributed by atoms with E-state index in [1.807, 2.05) is 42.6 Å². The maximum absolute atomic E-state index is 14.1. The summed E-state index contributed by atoms with van der Waals surface area (Å²) in [5.74, 6) is 0.955. The molecule has 0 unspecified atom stereocenters. The SMILES string of the molecule is Cn1c(-c2ccccn2)c(C2CCCC2)c2ccc(C(=O)NC3(c4nc5ccc(/C=C/C(=O)O)cc5n4CC4CC4)CCC3)cc21. The molecule has 8 heteroatoms. The molecule has 8 rings (SSSR count). The lowest BCUT2D eigenvalue weighted by molar-refractivity contribution is -0.131. The first-order valence-electron chi connectivity index (χ1n) is 16.7. The normalized spacial score (nSPS) is 18.0. The summed E-state index contributed by atoms with van der Waals surface area (Å²) in [6.07, 6.45) is 14.6. The van der Waals surface area contributed by atoms with E-state index < -0.39 is 11.5 Å². The van der Waals surface area contributed by atoms with E-state index in [1.54, 1.807) is 6.08 Å². The van der Waals surface area contributed by atoms with Gasteiger partial charge in [0.1, 0.15) is 5.82 Å². The van der Waals surface area contributed by atoms with Crippen molar-refractivity contribution in [3.63, 3.8) is 0 Å². The number of fused-ring (bicyclic) bond motifs is 2. The van der Waals surface area contributed by atoms with E-state index in [0.29, 0.717) is 17.4 Å². The molecule has 1 amide bonds. The Hall–Kier alpha value is -4.72. The molecule has 0 bridgehead atoms. The molecular weight excluding hydrogens is 574 g/mol. The summed E-state index contributed by atoms with van der Waals surface area (Å²) in [4.78, 5) is 35.1. The smallest absolute Gasteiger partial charge is 0.328 e. The van der Waals surface area contributed by atoms with Gasteiger partial charge in [0.05, 0.1) is 28.0 Å². The topological polar surface area (TPSA) is 102 Å². The van der Waals surface area contributed by atoms with Gasteiger partial charge in [-0.25, -0.2) is 9.78 Å². The third kappa shape index (κ3) is 5.00. The number of hydrogen-bond donors (Lipinski definition) is 2. The van der Waals surface area contributed by atoms with E-state index in [1.165, 1.54) is 49.5 Å². The zero-order chi connectivity index (χ0) is 31.4. The number of pyridine rings is 1. The van der Waals surface area contributed by atoms with E-state index in [2.05, 4.69) is 39.7 Å². The number of imidazole rings is 1. The second-order valence-corrected chi connectivity index (χ2v) is 13.5. The van der Waals surface area contributed by atoms with Gasteiger partial charge >= 0.3 is 5.97 Å². The fraction of sp³-hybridized carbons (Fsp3) is 0.368. The fourth-order valence-corrected chi connectivity index (χ4v) is 7.79. The molecule has 3 saturated carbocycles. The lowest BCUT2D eigenvalue weighted by atomic mass is 9.75. The number of carbonyl (C=O) groups excluding carboxylic acids is 1. The average molecular weight is 614 g/mol. The van der Waals surface area contributed by atoms with Crippen molar-refractivity contribution in [1.29, 1.82) is 0 Å². The molecule has 234 valence electrons. The summed E-state index contributed by atoms with van der Waals surface area (Å²) >= 11 is 0. The quantitative estimate of drug-likeness (QED) is 0.167. The molecule has 3 heterocycles. The summed E-state index contributed by atoms with van der Waals surface area (Å²) in [5.41, 5.74) is 7.33. The number of amides is 1. The van der Waals surface area contributed by atoms with Gasteiger partial charge in [-0.2, -0.15) is 0 Å². The van der Waals surface area contributed by atoms with Crippen LogP contribution in [0, 0.1) is 5.92 Å². The van der Waals surface area contributed by atoms with Crippen LogP contribution in [0.25, 0.3) is 39.4 Å². The van der Waals surface area contributed by atoms with Crippen molar-refractivity contribution in [3.8, 4) is 11.4 Å². The highest BCUT2D eigenvalue weighted by atomic mass is 16.4. The Bertz CT molecular complexity index is 2010. The highest BCUT2D eigenvalue weighted by molar-refractivity contribution is 6.01. The van der Waals surface area contributed by atoms with Crippen LogP contribution in [0.15, 0.2) is 66.9 Å². The van der Waals surface area contributed by atoms with Crippen LogP contribution >= 0.6 is 0 Å². The second kappa shape index (κ2) is 11.3. The number of nitrogens with one attached hydrogen (secondary N) is 1. The minimum atomic E-state index is -0.973. The van der Waals surface area contributed by atoms with Gasteiger partial charge in [-0.05, 0) is 110 Å². The summed E-state index contributed by atoms with van der Waals surface area (Å²) in [6.45, 7) is 0.852. The fourth-order valence-electron chi connectivity index (χ4n) is 7.79. The summed E-state index contributed by atoms with van der Waals surface area (Å²) in [7, 11) is 2.10. The first kappa shape index (κ1) is 28.7. The molecule has 0 atom stereocenters. The van der Waals surface area contributed by atoms with Gasteiger partial charge in [0.2, 0.25) is 0 Å². The van der Waals surface area contributed by atoms with Gasteiger partial charge < -0.3 is 19.6 Å². The number of nitrogens with zero attached hydrogens (tertiary/aromatic N) is 4. The Kier molecular flexibility index (Phi) is 7.04. The van der Waals surface area contributed by atoms with Crippen molar-refractivity contribution in [1.82, 2.24) is 24.4 Å². The first-order valence-corrected chi connectivity index (χ1v) is 16.7. The number of aliphatic carboxylic acids is 1. The van der Waals surface area contributed by atoms with Crippen LogP contribution < -0.4 is 5.32 Å². The van der Waals surface area contributed by atoms with Crippen LogP contribution in [0.3, 0.4) is 0 Å². The molecule has 2 N–H and O–H groups in total. The van der Waals surface area contributed by atoms with Gasteiger partial charge in [0.15, 0.2) is 0 Å². The zero-order valence-corrected chi connectivity index (χ0v) is 26.2. The van der Waals surface area contributed by atoms with E-state index in [0.717, 1.165) is 71.2 Å². The molecule has 0 aliphatic heterocycles. The Labute approximate surface area is 268 Å². The molecule has 2 aromatic carbocycles. The van der Waals surface area contributed by atoms with Crippen molar-refractivity contribution in [2.75, 3.05) is 0 Å². The van der Waals surface area contributed by atoms with Gasteiger partial charge in [-0.1, -0.05) is 31.0 Å². The minimum absolute atomic E-state index is 0.0836. The summed E-state index contributed by atoms with van der Waals surface area (Å²) in [5, 5.41) is 13.8. The highest BCUT2D eigenvalue weighted by Crippen LogP contribution is 2.46. The third-order valence-corrected chi connectivity index (χ3v) is 10.5. The largest absolute Gasteiger partial charge is 0.478 e. The third-order valence-electron chi connectivity index (χ3n) is 10.5. The summed E-state index contributed by atoms with van der Waals surface area (Å²) < 4.78 is 4.52. The predicted octanol–water partition coefficient (Wildman–Crippen LogP) is 7.56. The standard InChI is InChI=1S/C38H39N5O3/c1-42-31-22-27(14-15-28(31)34(26-7-2-3-8-26)35(42)30-9-4-5-20-39-30)36(46)41-38(18-6-19-38)37-40-29-16-12-24(13-17-33(44)45)21-32(29)43(37)23-25-10-11-25/h4-5,9,12-17,20-22,25-26H,2-3,6-8,10-11,18-19,23H2,1H3,(H,41,46)(H,44,45)/b17-13+. The molecule has 0 saturated heterocycles. The number of aryl methyl sites for hydroxylation is 1. The average Bonchev–Trinajstić information content (AvgIpc) is 3.44. The zero-order valence-electron chi connectivity index (χ0n) is 26.2. The molecule has 0 spiro atoms. The van der Waals surface area contributed by atoms with Crippen molar-refractivity contribution < 1.29 is 14.7 Å². The number of carbonyl (C=O) groups is 2. The van der Waals surface area contributed by atoms with Crippen LogP contribution in [-0.4, -0.2) is 36.1 Å². The van der Waals surface area contributed by atoms with Gasteiger partial charge in [-0.3, -0.25) is 9.78 Å².